The molecule has 0 fully saturated rings. The number of ether oxygens (including phenoxy) is 2. The number of nitrogens with zero attached hydrogens (tertiary/aromatic N) is 1. The Morgan fingerprint density at radius 1 is 1.22 bits per heavy atom. The maximum absolute atomic E-state index is 5.73. The van der Waals surface area contributed by atoms with Crippen LogP contribution in [-0.2, 0) is 0 Å². The van der Waals surface area contributed by atoms with Gasteiger partial charge < -0.3 is 20.1 Å². The van der Waals surface area contributed by atoms with E-state index < -0.39 is 0 Å². The van der Waals surface area contributed by atoms with Crippen LogP contribution in [0.5, 0.6) is 11.5 Å². The first-order valence-electron chi connectivity index (χ1n) is 6.42. The fourth-order valence-corrected chi connectivity index (χ4v) is 1.66. The van der Waals surface area contributed by atoms with Gasteiger partial charge in [-0.25, -0.2) is 0 Å². The van der Waals surface area contributed by atoms with E-state index >= 15 is 0 Å². The molecule has 4 nitrogen and oxygen atoms in total. The molecule has 0 radical (unpaired) electrons. The van der Waals surface area contributed by atoms with Crippen molar-refractivity contribution in [1.82, 2.24) is 4.90 Å². The standard InChI is InChI=1S/C14H24N2O2/c1-4-5-8-16(2)9-10-18-14-11-12(15)6-7-13(14)17-3/h6-7,11H,4-5,8-10,15H2,1-3H3. The molecule has 0 saturated carbocycles. The van der Waals surface area contributed by atoms with Crippen LogP contribution in [0.1, 0.15) is 19.8 Å². The maximum atomic E-state index is 5.73. The molecular weight excluding hydrogens is 228 g/mol. The van der Waals surface area contributed by atoms with Crippen molar-refractivity contribution in [1.29, 1.82) is 0 Å². The van der Waals surface area contributed by atoms with Gasteiger partial charge in [0.1, 0.15) is 6.61 Å². The molecule has 18 heavy (non-hydrogen) atoms. The SMILES string of the molecule is CCCCN(C)CCOc1cc(N)ccc1OC. The van der Waals surface area contributed by atoms with Gasteiger partial charge in [-0.3, -0.25) is 0 Å². The summed E-state index contributed by atoms with van der Waals surface area (Å²) in [5.41, 5.74) is 6.42. The summed E-state index contributed by atoms with van der Waals surface area (Å²) in [5, 5.41) is 0. The van der Waals surface area contributed by atoms with Crippen molar-refractivity contribution in [3.8, 4) is 11.5 Å². The lowest BCUT2D eigenvalue weighted by Gasteiger charge is -2.17. The minimum absolute atomic E-state index is 0.639. The van der Waals surface area contributed by atoms with Crippen molar-refractivity contribution < 1.29 is 9.47 Å². The molecule has 0 spiro atoms. The summed E-state index contributed by atoms with van der Waals surface area (Å²) in [6.45, 7) is 4.84. The summed E-state index contributed by atoms with van der Waals surface area (Å²) in [6.07, 6.45) is 2.44. The second-order valence-electron chi connectivity index (χ2n) is 4.42. The fraction of sp³-hybridized carbons (Fsp3) is 0.571. The molecule has 102 valence electrons. The van der Waals surface area contributed by atoms with Crippen LogP contribution in [0.2, 0.25) is 0 Å². The second-order valence-corrected chi connectivity index (χ2v) is 4.42. The van der Waals surface area contributed by atoms with E-state index in [2.05, 4.69) is 18.9 Å². The molecule has 0 aliphatic carbocycles. The van der Waals surface area contributed by atoms with Crippen LogP contribution >= 0.6 is 0 Å². The van der Waals surface area contributed by atoms with Crippen LogP contribution in [0.4, 0.5) is 5.69 Å². The lowest BCUT2D eigenvalue weighted by atomic mass is 10.3. The van der Waals surface area contributed by atoms with Gasteiger partial charge >= 0.3 is 0 Å². The Bertz CT molecular complexity index is 356. The van der Waals surface area contributed by atoms with Gasteiger partial charge in [0.25, 0.3) is 0 Å². The van der Waals surface area contributed by atoms with Gasteiger partial charge in [0.2, 0.25) is 0 Å². The number of methoxy groups -OCH3 is 1. The van der Waals surface area contributed by atoms with E-state index in [1.165, 1.54) is 12.8 Å². The smallest absolute Gasteiger partial charge is 0.163 e. The Balaban J connectivity index is 2.40. The largest absolute Gasteiger partial charge is 0.493 e. The third-order valence-electron chi connectivity index (χ3n) is 2.81. The molecule has 1 aromatic rings. The molecule has 2 N–H and O–H groups in total. The summed E-state index contributed by atoms with van der Waals surface area (Å²) >= 11 is 0. The molecule has 0 aromatic heterocycles. The Kier molecular flexibility index (Phi) is 6.36. The zero-order valence-corrected chi connectivity index (χ0v) is 11.6. The van der Waals surface area contributed by atoms with Gasteiger partial charge in [-0.1, -0.05) is 13.3 Å². The Labute approximate surface area is 110 Å². The molecule has 0 aliphatic heterocycles. The first kappa shape index (κ1) is 14.6. The molecule has 0 bridgehead atoms. The zero-order chi connectivity index (χ0) is 13.4. The summed E-state index contributed by atoms with van der Waals surface area (Å²) < 4.78 is 10.9. The molecule has 1 rings (SSSR count). The molecule has 0 unspecified atom stereocenters. The van der Waals surface area contributed by atoms with Crippen LogP contribution in [0.25, 0.3) is 0 Å². The fourth-order valence-electron chi connectivity index (χ4n) is 1.66. The highest BCUT2D eigenvalue weighted by Crippen LogP contribution is 2.28. The predicted molar refractivity (Wildman–Crippen MR) is 75.3 cm³/mol. The first-order chi connectivity index (χ1) is 8.67. The molecule has 0 atom stereocenters. The van der Waals surface area contributed by atoms with Crippen LogP contribution < -0.4 is 15.2 Å². The maximum Gasteiger partial charge on any atom is 0.163 e. The summed E-state index contributed by atoms with van der Waals surface area (Å²) in [7, 11) is 3.74. The van der Waals surface area contributed by atoms with E-state index in [0.29, 0.717) is 18.0 Å². The van der Waals surface area contributed by atoms with E-state index in [9.17, 15) is 0 Å². The van der Waals surface area contributed by atoms with Crippen LogP contribution in [0.15, 0.2) is 18.2 Å². The van der Waals surface area contributed by atoms with Gasteiger partial charge in [0, 0.05) is 18.3 Å². The van der Waals surface area contributed by atoms with Crippen molar-refractivity contribution in [2.75, 3.05) is 39.6 Å². The van der Waals surface area contributed by atoms with Gasteiger partial charge in [-0.15, -0.1) is 0 Å². The van der Waals surface area contributed by atoms with E-state index in [1.807, 2.05) is 6.07 Å². The average molecular weight is 252 g/mol. The van der Waals surface area contributed by atoms with E-state index in [0.717, 1.165) is 18.8 Å². The molecular formula is C14H24N2O2. The predicted octanol–water partition coefficient (Wildman–Crippen LogP) is 2.39. The van der Waals surface area contributed by atoms with Crippen LogP contribution in [-0.4, -0.2) is 38.8 Å². The lowest BCUT2D eigenvalue weighted by Crippen LogP contribution is -2.25. The van der Waals surface area contributed by atoms with Gasteiger partial charge in [-0.2, -0.15) is 0 Å². The molecule has 4 heteroatoms. The monoisotopic (exact) mass is 252 g/mol. The summed E-state index contributed by atoms with van der Waals surface area (Å²) in [4.78, 5) is 2.27. The van der Waals surface area contributed by atoms with E-state index in [4.69, 9.17) is 15.2 Å². The molecule has 1 aromatic carbocycles. The zero-order valence-electron chi connectivity index (χ0n) is 11.6. The summed E-state index contributed by atoms with van der Waals surface area (Å²) in [6, 6.07) is 5.43. The quantitative estimate of drug-likeness (QED) is 0.722. The number of unbranched alkanes of at least 4 members (excludes halogenated alkanes) is 1. The minimum Gasteiger partial charge on any atom is -0.493 e. The van der Waals surface area contributed by atoms with Gasteiger partial charge in [-0.05, 0) is 32.1 Å². The highest BCUT2D eigenvalue weighted by atomic mass is 16.5. The molecule has 0 amide bonds. The third kappa shape index (κ3) is 4.84. The first-order valence-corrected chi connectivity index (χ1v) is 6.42. The van der Waals surface area contributed by atoms with Crippen LogP contribution in [0, 0.1) is 0 Å². The molecule has 0 aliphatic rings. The molecule has 0 heterocycles. The number of benzene rings is 1. The Morgan fingerprint density at radius 3 is 2.67 bits per heavy atom. The summed E-state index contributed by atoms with van der Waals surface area (Å²) in [5.74, 6) is 1.43. The van der Waals surface area contributed by atoms with Crippen molar-refractivity contribution >= 4 is 5.69 Å². The number of hydrogen-bond donors (Lipinski definition) is 1. The van der Waals surface area contributed by atoms with E-state index in [1.54, 1.807) is 19.2 Å². The number of rotatable bonds is 8. The number of nitrogens with two attached hydrogens (primary N) is 1. The van der Waals surface area contributed by atoms with Crippen LogP contribution in [0.3, 0.4) is 0 Å². The minimum atomic E-state index is 0.639. The normalized spacial score (nSPS) is 10.7. The highest BCUT2D eigenvalue weighted by molar-refractivity contribution is 5.51. The van der Waals surface area contributed by atoms with Crippen molar-refractivity contribution in [3.05, 3.63) is 18.2 Å². The average Bonchev–Trinajstić information content (AvgIpc) is 2.36. The van der Waals surface area contributed by atoms with Crippen molar-refractivity contribution in [3.63, 3.8) is 0 Å². The van der Waals surface area contributed by atoms with E-state index in [-0.39, 0.29) is 0 Å². The number of hydrogen-bond acceptors (Lipinski definition) is 4. The highest BCUT2D eigenvalue weighted by Gasteiger charge is 2.05. The number of likely N-dealkylation sites (N-methyl/N-ethyl adjacent to an activating group) is 1. The lowest BCUT2D eigenvalue weighted by molar-refractivity contribution is 0.228. The Hall–Kier alpha value is -1.42. The Morgan fingerprint density at radius 2 is 2.00 bits per heavy atom. The number of anilines is 1. The van der Waals surface area contributed by atoms with Gasteiger partial charge in [0.05, 0.1) is 7.11 Å². The van der Waals surface area contributed by atoms with Gasteiger partial charge in [0.15, 0.2) is 11.5 Å². The van der Waals surface area contributed by atoms with Crippen molar-refractivity contribution in [2.24, 2.45) is 0 Å². The molecule has 0 saturated heterocycles. The topological polar surface area (TPSA) is 47.7 Å². The van der Waals surface area contributed by atoms with Crippen molar-refractivity contribution in [2.45, 2.75) is 19.8 Å². The number of nitrogen functional groups attached to an aromatic ring is 1. The second kappa shape index (κ2) is 7.82. The third-order valence-corrected chi connectivity index (χ3v) is 2.81.